The van der Waals surface area contributed by atoms with Crippen LogP contribution in [0.2, 0.25) is 0 Å². The van der Waals surface area contributed by atoms with E-state index in [2.05, 4.69) is 9.71 Å². The molecule has 0 aliphatic heterocycles. The second-order valence-electron chi connectivity index (χ2n) is 6.06. The van der Waals surface area contributed by atoms with Gasteiger partial charge in [0.05, 0.1) is 19.3 Å². The number of hydrogen-bond acceptors (Lipinski definition) is 6. The molecule has 0 saturated heterocycles. The lowest BCUT2D eigenvalue weighted by Crippen LogP contribution is -2.41. The summed E-state index contributed by atoms with van der Waals surface area (Å²) in [6, 6.07) is 4.76. The monoisotopic (exact) mass is 368 g/mol. The minimum atomic E-state index is -3.61. The molecule has 0 spiro atoms. The molecule has 1 aliphatic rings. The maximum atomic E-state index is 12.7. The van der Waals surface area contributed by atoms with Gasteiger partial charge in [0.1, 0.15) is 4.21 Å². The molecule has 8 heteroatoms. The molecule has 3 rings (SSSR count). The molecule has 0 radical (unpaired) electrons. The van der Waals surface area contributed by atoms with E-state index in [-0.39, 0.29) is 12.0 Å². The van der Waals surface area contributed by atoms with Gasteiger partial charge in [0.25, 0.3) is 10.0 Å². The Labute approximate surface area is 145 Å². The highest BCUT2D eigenvalue weighted by Crippen LogP contribution is 2.39. The van der Waals surface area contributed by atoms with E-state index in [4.69, 9.17) is 4.74 Å². The highest BCUT2D eigenvalue weighted by Gasteiger charge is 2.37. The summed E-state index contributed by atoms with van der Waals surface area (Å²) >= 11 is 1.20. The number of rotatable bonds is 6. The van der Waals surface area contributed by atoms with Crippen LogP contribution in [0.3, 0.4) is 0 Å². The van der Waals surface area contributed by atoms with Crippen LogP contribution in [0.5, 0.6) is 5.88 Å². The number of aryl methyl sites for hydroxylation is 1. The Hall–Kier alpha value is -1.48. The minimum Gasteiger partial charge on any atom is -0.481 e. The van der Waals surface area contributed by atoms with E-state index in [1.807, 2.05) is 18.4 Å². The SMILES string of the molecule is COc1ccc([C@H](NS(=O)(=O)c2cc(C)cs2)C2CC(O)C2)cn1. The van der Waals surface area contributed by atoms with Crippen molar-refractivity contribution in [2.45, 2.75) is 36.1 Å². The largest absolute Gasteiger partial charge is 0.481 e. The van der Waals surface area contributed by atoms with Gasteiger partial charge in [-0.15, -0.1) is 11.3 Å². The van der Waals surface area contributed by atoms with Crippen molar-refractivity contribution >= 4 is 21.4 Å². The molecule has 1 atom stereocenters. The molecule has 1 aliphatic carbocycles. The molecule has 1 saturated carbocycles. The third kappa shape index (κ3) is 3.61. The molecule has 2 N–H and O–H groups in total. The van der Waals surface area contributed by atoms with Gasteiger partial charge >= 0.3 is 0 Å². The van der Waals surface area contributed by atoms with Crippen LogP contribution in [0.25, 0.3) is 0 Å². The van der Waals surface area contributed by atoms with E-state index in [0.29, 0.717) is 22.9 Å². The number of sulfonamides is 1. The van der Waals surface area contributed by atoms with Gasteiger partial charge in [-0.2, -0.15) is 0 Å². The van der Waals surface area contributed by atoms with Gasteiger partial charge in [-0.3, -0.25) is 0 Å². The van der Waals surface area contributed by atoms with Crippen LogP contribution in [0.15, 0.2) is 34.0 Å². The fourth-order valence-corrected chi connectivity index (χ4v) is 5.35. The van der Waals surface area contributed by atoms with Crippen LogP contribution in [0, 0.1) is 12.8 Å². The number of thiophene rings is 1. The molecule has 6 nitrogen and oxygen atoms in total. The fourth-order valence-electron chi connectivity index (χ4n) is 2.81. The zero-order valence-corrected chi connectivity index (χ0v) is 15.1. The maximum Gasteiger partial charge on any atom is 0.250 e. The molecule has 2 heterocycles. The van der Waals surface area contributed by atoms with E-state index in [1.165, 1.54) is 18.4 Å². The lowest BCUT2D eigenvalue weighted by atomic mass is 9.76. The van der Waals surface area contributed by atoms with Crippen molar-refractivity contribution in [2.24, 2.45) is 5.92 Å². The Morgan fingerprint density at radius 1 is 1.42 bits per heavy atom. The second-order valence-corrected chi connectivity index (χ2v) is 8.91. The first-order chi connectivity index (χ1) is 11.4. The number of aliphatic hydroxyl groups excluding tert-OH is 1. The number of nitrogens with one attached hydrogen (secondary N) is 1. The Morgan fingerprint density at radius 2 is 2.17 bits per heavy atom. The third-order valence-electron chi connectivity index (χ3n) is 4.20. The molecular formula is C16H20N2O4S2. The molecule has 0 unspecified atom stereocenters. The predicted octanol–water partition coefficient (Wildman–Crippen LogP) is 2.25. The minimum absolute atomic E-state index is 0.0472. The second kappa shape index (κ2) is 6.79. The molecule has 2 aromatic rings. The first-order valence-corrected chi connectivity index (χ1v) is 10.0. The third-order valence-corrected chi connectivity index (χ3v) is 7.20. The van der Waals surface area contributed by atoms with Crippen LogP contribution in [0.4, 0.5) is 0 Å². The van der Waals surface area contributed by atoms with Crippen LogP contribution in [-0.4, -0.2) is 31.7 Å². The van der Waals surface area contributed by atoms with E-state index >= 15 is 0 Å². The van der Waals surface area contributed by atoms with Crippen LogP contribution < -0.4 is 9.46 Å². The molecule has 2 aromatic heterocycles. The lowest BCUT2D eigenvalue weighted by Gasteiger charge is -2.37. The fraction of sp³-hybridized carbons (Fsp3) is 0.438. The van der Waals surface area contributed by atoms with Crippen LogP contribution in [0.1, 0.15) is 30.0 Å². The van der Waals surface area contributed by atoms with E-state index < -0.39 is 16.1 Å². The van der Waals surface area contributed by atoms with E-state index in [9.17, 15) is 13.5 Å². The predicted molar refractivity (Wildman–Crippen MR) is 91.6 cm³/mol. The lowest BCUT2D eigenvalue weighted by molar-refractivity contribution is 0.0279. The van der Waals surface area contributed by atoms with Crippen molar-refractivity contribution in [2.75, 3.05) is 7.11 Å². The molecule has 0 bridgehead atoms. The summed E-state index contributed by atoms with van der Waals surface area (Å²) in [6.45, 7) is 1.86. The van der Waals surface area contributed by atoms with Gasteiger partial charge in [0, 0.05) is 12.3 Å². The van der Waals surface area contributed by atoms with Crippen LogP contribution >= 0.6 is 11.3 Å². The first kappa shape index (κ1) is 17.3. The summed E-state index contributed by atoms with van der Waals surface area (Å²) in [6.07, 6.45) is 2.40. The molecule has 1 fully saturated rings. The van der Waals surface area contributed by atoms with Gasteiger partial charge < -0.3 is 9.84 Å². The average molecular weight is 368 g/mol. The Morgan fingerprint density at radius 3 is 2.67 bits per heavy atom. The highest BCUT2D eigenvalue weighted by molar-refractivity contribution is 7.91. The number of methoxy groups -OCH3 is 1. The summed E-state index contributed by atoms with van der Waals surface area (Å²) in [5.74, 6) is 0.522. The normalized spacial score (nSPS) is 22.0. The number of nitrogens with zero attached hydrogens (tertiary/aromatic N) is 1. The summed E-state index contributed by atoms with van der Waals surface area (Å²) in [5.41, 5.74) is 1.69. The van der Waals surface area contributed by atoms with Gasteiger partial charge in [-0.1, -0.05) is 6.07 Å². The van der Waals surface area contributed by atoms with Crippen molar-refractivity contribution in [1.82, 2.24) is 9.71 Å². The summed E-state index contributed by atoms with van der Waals surface area (Å²) in [7, 11) is -2.08. The zero-order chi connectivity index (χ0) is 17.3. The van der Waals surface area contributed by atoms with Crippen molar-refractivity contribution in [3.63, 3.8) is 0 Å². The first-order valence-electron chi connectivity index (χ1n) is 7.64. The van der Waals surface area contributed by atoms with E-state index in [0.717, 1.165) is 11.1 Å². The Balaban J connectivity index is 1.87. The Kier molecular flexibility index (Phi) is 4.91. The molecule has 0 amide bonds. The topological polar surface area (TPSA) is 88.5 Å². The number of aromatic nitrogens is 1. The highest BCUT2D eigenvalue weighted by atomic mass is 32.2. The molecular weight excluding hydrogens is 348 g/mol. The smallest absolute Gasteiger partial charge is 0.250 e. The number of pyridine rings is 1. The summed E-state index contributed by atoms with van der Waals surface area (Å²) < 4.78 is 33.5. The van der Waals surface area contributed by atoms with E-state index in [1.54, 1.807) is 18.3 Å². The molecule has 24 heavy (non-hydrogen) atoms. The van der Waals surface area contributed by atoms with Crippen molar-refractivity contribution < 1.29 is 18.3 Å². The van der Waals surface area contributed by atoms with Crippen LogP contribution in [-0.2, 0) is 10.0 Å². The number of aliphatic hydroxyl groups is 1. The van der Waals surface area contributed by atoms with Gasteiger partial charge in [0.15, 0.2) is 0 Å². The van der Waals surface area contributed by atoms with Gasteiger partial charge in [0.2, 0.25) is 5.88 Å². The average Bonchev–Trinajstić information content (AvgIpc) is 2.97. The summed E-state index contributed by atoms with van der Waals surface area (Å²) in [4.78, 5) is 4.17. The Bertz CT molecular complexity index is 796. The van der Waals surface area contributed by atoms with Gasteiger partial charge in [-0.25, -0.2) is 18.1 Å². The van der Waals surface area contributed by atoms with Gasteiger partial charge in [-0.05, 0) is 48.3 Å². The maximum absolute atomic E-state index is 12.7. The van der Waals surface area contributed by atoms with Crippen molar-refractivity contribution in [3.8, 4) is 5.88 Å². The standard InChI is InChI=1S/C16H20N2O4S2/c1-10-5-15(23-9-10)24(20,21)18-16(12-6-13(19)7-12)11-3-4-14(22-2)17-8-11/h3-5,8-9,12-13,16,18-19H,6-7H2,1-2H3/t12?,13?,16-/m0/s1. The van der Waals surface area contributed by atoms with Crippen molar-refractivity contribution in [1.29, 1.82) is 0 Å². The number of ether oxygens (including phenoxy) is 1. The quantitative estimate of drug-likeness (QED) is 0.816. The van der Waals surface area contributed by atoms with Crippen molar-refractivity contribution in [3.05, 3.63) is 40.9 Å². The summed E-state index contributed by atoms with van der Waals surface area (Å²) in [5, 5.41) is 11.4. The molecule has 130 valence electrons. The number of hydrogen-bond donors (Lipinski definition) is 2. The zero-order valence-electron chi connectivity index (χ0n) is 13.5. The molecule has 0 aromatic carbocycles.